The molecule has 0 amide bonds. The smallest absolute Gasteiger partial charge is 0.200 e. The Hall–Kier alpha value is 0.215. The van der Waals surface area contributed by atoms with Crippen LogP contribution < -0.4 is 0 Å². The number of hydrogen-bond acceptors (Lipinski definition) is 3. The van der Waals surface area contributed by atoms with Gasteiger partial charge in [-0.05, 0) is 12.8 Å². The molecule has 0 aromatic heterocycles. The van der Waals surface area contributed by atoms with E-state index in [2.05, 4.69) is 0 Å². The Balaban J connectivity index is 2.55. The molecule has 2 unspecified atom stereocenters. The molecule has 0 aliphatic carbocycles. The van der Waals surface area contributed by atoms with E-state index in [4.69, 9.17) is 17.1 Å². The molecule has 0 saturated carbocycles. The van der Waals surface area contributed by atoms with Gasteiger partial charge in [0.15, 0.2) is 7.37 Å². The largest absolute Gasteiger partial charge is 0.382 e. The first-order valence-electron chi connectivity index (χ1n) is 5.14. The van der Waals surface area contributed by atoms with Crippen LogP contribution in [-0.2, 0) is 13.8 Å². The van der Waals surface area contributed by atoms with E-state index in [1.807, 2.05) is 13.8 Å². The summed E-state index contributed by atoms with van der Waals surface area (Å²) in [6, 6.07) is -0.262. The predicted molar refractivity (Wildman–Crippen MR) is 58.3 cm³/mol. The first kappa shape index (κ1) is 12.3. The summed E-state index contributed by atoms with van der Waals surface area (Å²) in [7, 11) is 3.22. The molecule has 1 aliphatic rings. The van der Waals surface area contributed by atoms with Gasteiger partial charge in [0.2, 0.25) is 0 Å². The summed E-state index contributed by atoms with van der Waals surface area (Å²) in [5, 5.41) is 0. The van der Waals surface area contributed by atoms with Gasteiger partial charge in [0.05, 0.1) is 12.2 Å². The van der Waals surface area contributed by atoms with Crippen LogP contribution in [0.4, 0.5) is 0 Å². The minimum Gasteiger partial charge on any atom is -0.382 e. The van der Waals surface area contributed by atoms with Gasteiger partial charge < -0.3 is 9.26 Å². The molecule has 0 aromatic rings. The fourth-order valence-corrected chi connectivity index (χ4v) is 2.52. The highest BCUT2D eigenvalue weighted by molar-refractivity contribution is 7.58. The Labute approximate surface area is 87.4 Å². The van der Waals surface area contributed by atoms with Gasteiger partial charge in [0.25, 0.3) is 0 Å². The van der Waals surface area contributed by atoms with E-state index < -0.39 is 7.37 Å². The third-order valence-corrected chi connectivity index (χ3v) is 4.43. The van der Waals surface area contributed by atoms with Gasteiger partial charge in [-0.15, -0.1) is 0 Å². The molecule has 2 radical (unpaired) electrons. The summed E-state index contributed by atoms with van der Waals surface area (Å²) in [6.07, 6.45) is 1.98. The van der Waals surface area contributed by atoms with E-state index in [0.717, 1.165) is 6.42 Å². The second-order valence-corrected chi connectivity index (χ2v) is 6.70. The maximum Gasteiger partial charge on any atom is 0.200 e. The molecule has 80 valence electrons. The molecule has 3 nitrogen and oxygen atoms in total. The zero-order valence-electron chi connectivity index (χ0n) is 9.10. The molecule has 0 spiro atoms. The van der Waals surface area contributed by atoms with E-state index >= 15 is 0 Å². The highest BCUT2D eigenvalue weighted by atomic mass is 31.2. The minimum atomic E-state index is -2.44. The molecular weight excluding hydrogens is 198 g/mol. The summed E-state index contributed by atoms with van der Waals surface area (Å²) in [5.74, 6) is 0. The second-order valence-electron chi connectivity index (χ2n) is 3.83. The van der Waals surface area contributed by atoms with E-state index in [-0.39, 0.29) is 18.2 Å². The standard InChI is InChI=1S/C9H18BO3P/c1-4-7-8(6-9(10)12-7)13-14(3,11)5-2/h7-9H,4-6H2,1-3H3/t7-,8?,9-,14?/m1/s1. The summed E-state index contributed by atoms with van der Waals surface area (Å²) >= 11 is 0. The van der Waals surface area contributed by atoms with E-state index in [0.29, 0.717) is 12.6 Å². The Morgan fingerprint density at radius 1 is 1.57 bits per heavy atom. The van der Waals surface area contributed by atoms with Gasteiger partial charge in [0.1, 0.15) is 7.85 Å². The van der Waals surface area contributed by atoms with Gasteiger partial charge in [-0.2, -0.15) is 0 Å². The lowest BCUT2D eigenvalue weighted by molar-refractivity contribution is 0.0412. The van der Waals surface area contributed by atoms with Crippen molar-refractivity contribution in [2.24, 2.45) is 0 Å². The first-order chi connectivity index (χ1) is 6.48. The van der Waals surface area contributed by atoms with Gasteiger partial charge in [-0.25, -0.2) is 0 Å². The summed E-state index contributed by atoms with van der Waals surface area (Å²) < 4.78 is 22.8. The van der Waals surface area contributed by atoms with Crippen molar-refractivity contribution in [3.63, 3.8) is 0 Å². The molecule has 4 atom stereocenters. The quantitative estimate of drug-likeness (QED) is 0.532. The average Bonchev–Trinajstić information content (AvgIpc) is 2.45. The molecule has 1 heterocycles. The summed E-state index contributed by atoms with van der Waals surface area (Å²) in [6.45, 7) is 5.56. The monoisotopic (exact) mass is 216 g/mol. The topological polar surface area (TPSA) is 35.5 Å². The van der Waals surface area contributed by atoms with Gasteiger partial charge >= 0.3 is 0 Å². The lowest BCUT2D eigenvalue weighted by Gasteiger charge is -2.21. The molecule has 14 heavy (non-hydrogen) atoms. The van der Waals surface area contributed by atoms with Crippen LogP contribution in [0.3, 0.4) is 0 Å². The number of ether oxygens (including phenoxy) is 1. The lowest BCUT2D eigenvalue weighted by Crippen LogP contribution is -2.22. The van der Waals surface area contributed by atoms with E-state index in [9.17, 15) is 4.57 Å². The lowest BCUT2D eigenvalue weighted by atomic mass is 9.96. The maximum atomic E-state index is 11.8. The zero-order chi connectivity index (χ0) is 10.8. The molecule has 1 aliphatic heterocycles. The number of rotatable bonds is 4. The molecule has 1 saturated heterocycles. The van der Waals surface area contributed by atoms with Crippen LogP contribution in [0.2, 0.25) is 0 Å². The molecule has 5 heteroatoms. The molecule has 1 fully saturated rings. The van der Waals surface area contributed by atoms with Gasteiger partial charge in [-0.1, -0.05) is 13.8 Å². The van der Waals surface area contributed by atoms with Crippen LogP contribution >= 0.6 is 7.37 Å². The Bertz CT molecular complexity index is 234. The second kappa shape index (κ2) is 4.83. The van der Waals surface area contributed by atoms with Crippen molar-refractivity contribution in [3.8, 4) is 0 Å². The number of hydrogen-bond donors (Lipinski definition) is 0. The highest BCUT2D eigenvalue weighted by Crippen LogP contribution is 2.46. The van der Waals surface area contributed by atoms with Crippen molar-refractivity contribution in [1.29, 1.82) is 0 Å². The van der Waals surface area contributed by atoms with Gasteiger partial charge in [-0.3, -0.25) is 4.57 Å². The minimum absolute atomic E-state index is 0.00447. The van der Waals surface area contributed by atoms with Crippen LogP contribution in [0.5, 0.6) is 0 Å². The molecule has 0 bridgehead atoms. The van der Waals surface area contributed by atoms with Crippen molar-refractivity contribution >= 4 is 15.2 Å². The fraction of sp³-hybridized carbons (Fsp3) is 1.00. The first-order valence-corrected chi connectivity index (χ1v) is 7.40. The van der Waals surface area contributed by atoms with Crippen LogP contribution in [0, 0.1) is 0 Å². The highest BCUT2D eigenvalue weighted by Gasteiger charge is 2.35. The third-order valence-electron chi connectivity index (χ3n) is 2.56. The molecule has 0 aromatic carbocycles. The van der Waals surface area contributed by atoms with Crippen molar-refractivity contribution < 1.29 is 13.8 Å². The van der Waals surface area contributed by atoms with Gasteiger partial charge in [0, 0.05) is 18.8 Å². The van der Waals surface area contributed by atoms with Crippen LogP contribution in [0.25, 0.3) is 0 Å². The van der Waals surface area contributed by atoms with Crippen molar-refractivity contribution in [2.75, 3.05) is 12.8 Å². The summed E-state index contributed by atoms with van der Waals surface area (Å²) in [5.41, 5.74) is 0. The van der Waals surface area contributed by atoms with Crippen LogP contribution in [0.1, 0.15) is 26.7 Å². The Morgan fingerprint density at radius 3 is 2.71 bits per heavy atom. The molecule has 0 N–H and O–H groups in total. The van der Waals surface area contributed by atoms with Crippen LogP contribution in [-0.4, -0.2) is 38.9 Å². The average molecular weight is 216 g/mol. The van der Waals surface area contributed by atoms with Crippen molar-refractivity contribution in [1.82, 2.24) is 0 Å². The Kier molecular flexibility index (Phi) is 4.23. The third kappa shape index (κ3) is 3.11. The molecule has 1 rings (SSSR count). The van der Waals surface area contributed by atoms with Crippen LogP contribution in [0.15, 0.2) is 0 Å². The maximum absolute atomic E-state index is 11.8. The zero-order valence-corrected chi connectivity index (χ0v) is 10.00. The molecular formula is C9H18BO3P. The predicted octanol–water partition coefficient (Wildman–Crippen LogP) is 1.99. The van der Waals surface area contributed by atoms with Crippen molar-refractivity contribution in [3.05, 3.63) is 0 Å². The van der Waals surface area contributed by atoms with Crippen molar-refractivity contribution in [2.45, 2.75) is 44.9 Å². The summed E-state index contributed by atoms with van der Waals surface area (Å²) in [4.78, 5) is 0. The Morgan fingerprint density at radius 2 is 2.21 bits per heavy atom. The van der Waals surface area contributed by atoms with E-state index in [1.165, 1.54) is 0 Å². The fourth-order valence-electron chi connectivity index (χ4n) is 1.58. The SMILES string of the molecule is [B][C@H]1CC(OP(C)(=O)CC)[C@@H](CC)O1. The van der Waals surface area contributed by atoms with E-state index in [1.54, 1.807) is 6.66 Å². The normalized spacial score (nSPS) is 36.9.